The van der Waals surface area contributed by atoms with Crippen molar-refractivity contribution in [2.75, 3.05) is 13.2 Å². The summed E-state index contributed by atoms with van der Waals surface area (Å²) in [6, 6.07) is 0. The summed E-state index contributed by atoms with van der Waals surface area (Å²) in [5.74, 6) is 0. The summed E-state index contributed by atoms with van der Waals surface area (Å²) in [4.78, 5) is 9.64. The summed E-state index contributed by atoms with van der Waals surface area (Å²) in [6.45, 7) is 3.06. The molecule has 0 aliphatic carbocycles. The van der Waals surface area contributed by atoms with Crippen LogP contribution in [0.25, 0.3) is 0 Å². The second kappa shape index (κ2) is 11.3. The Morgan fingerprint density at radius 2 is 2.22 bits per heavy atom. The third-order valence-electron chi connectivity index (χ3n) is 0.828. The van der Waals surface area contributed by atoms with E-state index in [1.54, 1.807) is 0 Å². The van der Waals surface area contributed by atoms with E-state index in [1.807, 2.05) is 0 Å². The third-order valence-corrected chi connectivity index (χ3v) is 0.828. The van der Waals surface area contributed by atoms with Crippen LogP contribution in [0.15, 0.2) is 0 Å². The van der Waals surface area contributed by atoms with Crippen molar-refractivity contribution in [2.24, 2.45) is 0 Å². The van der Waals surface area contributed by atoms with Gasteiger partial charge in [0.15, 0.2) is 0 Å². The molecule has 0 amide bonds. The predicted molar refractivity (Wildman–Crippen MR) is 41.7 cm³/mol. The maximum atomic E-state index is 9.64. The Bertz CT molecular complexity index is 57.0. The second-order valence-corrected chi connectivity index (χ2v) is 1.60. The first-order chi connectivity index (χ1) is 3.91. The van der Waals surface area contributed by atoms with E-state index < -0.39 is 0 Å². The van der Waals surface area contributed by atoms with Crippen LogP contribution in [0.3, 0.4) is 0 Å². The summed E-state index contributed by atoms with van der Waals surface area (Å²) >= 11 is 0. The number of carbonyl (C=O) groups is 1. The molecule has 0 bridgehead atoms. The van der Waals surface area contributed by atoms with Gasteiger partial charge in [-0.2, -0.15) is 0 Å². The molecule has 0 radical (unpaired) electrons. The Hall–Kier alpha value is 0.513. The Kier molecular flexibility index (Phi) is 15.4. The first-order valence-corrected chi connectivity index (χ1v) is 2.93. The van der Waals surface area contributed by atoms with Crippen LogP contribution in [-0.2, 0) is 9.53 Å². The fourth-order valence-corrected chi connectivity index (χ4v) is 0.378. The Labute approximate surface area is 75.1 Å². The van der Waals surface area contributed by atoms with E-state index in [2.05, 4.69) is 6.92 Å². The first-order valence-electron chi connectivity index (χ1n) is 2.93. The fourth-order valence-electron chi connectivity index (χ4n) is 0.378. The normalized spacial score (nSPS) is 8.11. The zero-order valence-electron chi connectivity index (χ0n) is 5.93. The number of rotatable bonds is 5. The molecule has 9 heavy (non-hydrogen) atoms. The van der Waals surface area contributed by atoms with E-state index in [0.717, 1.165) is 25.7 Å². The van der Waals surface area contributed by atoms with Crippen molar-refractivity contribution in [3.05, 3.63) is 0 Å². The van der Waals surface area contributed by atoms with Crippen molar-refractivity contribution in [3.8, 4) is 0 Å². The molecule has 3 heteroatoms. The molecule has 0 spiro atoms. The van der Waals surface area contributed by atoms with Gasteiger partial charge in [0, 0.05) is 6.61 Å². The van der Waals surface area contributed by atoms with E-state index in [-0.39, 0.29) is 32.8 Å². The summed E-state index contributed by atoms with van der Waals surface area (Å²) in [5.41, 5.74) is 0. The van der Waals surface area contributed by atoms with Gasteiger partial charge in [-0.3, -0.25) is 0 Å². The average Bonchev–Trinajstić information content (AvgIpc) is 1.81. The van der Waals surface area contributed by atoms with Crippen molar-refractivity contribution in [1.82, 2.24) is 0 Å². The van der Waals surface area contributed by atoms with Crippen molar-refractivity contribution in [2.45, 2.75) is 19.8 Å². The van der Waals surface area contributed by atoms with Crippen LogP contribution in [-0.4, -0.2) is 45.7 Å². The molecule has 0 unspecified atom stereocenters. The molecule has 2 nitrogen and oxygen atoms in total. The molecule has 0 aromatic rings. The standard InChI is InChI=1S/C6H12O2.Bi.3H/c1-2-3-5-8-6-4-7;;;;/h4H,2-3,5-6H2,1H3;;;;. The minimum atomic E-state index is 0. The maximum absolute atomic E-state index is 9.64. The predicted octanol–water partition coefficient (Wildman–Crippen LogP) is -0.182. The SMILES string of the molecule is CCCCOCC=O.[BiH3]. The quantitative estimate of drug-likeness (QED) is 0.398. The van der Waals surface area contributed by atoms with Crippen molar-refractivity contribution >= 4 is 32.5 Å². The molecule has 56 valence electrons. The molecule has 0 aliphatic heterocycles. The monoisotopic (exact) mass is 328 g/mol. The van der Waals surface area contributed by atoms with E-state index in [9.17, 15) is 4.79 Å². The summed E-state index contributed by atoms with van der Waals surface area (Å²) in [7, 11) is 0. The van der Waals surface area contributed by atoms with Gasteiger partial charge in [-0.05, 0) is 6.42 Å². The zero-order chi connectivity index (χ0) is 6.24. The van der Waals surface area contributed by atoms with Gasteiger partial charge >= 0.3 is 26.2 Å². The van der Waals surface area contributed by atoms with Gasteiger partial charge in [-0.1, -0.05) is 13.3 Å². The molecule has 0 aromatic carbocycles. The molecule has 0 saturated heterocycles. The number of ether oxygens (including phenoxy) is 1. The van der Waals surface area contributed by atoms with Crippen LogP contribution in [0.1, 0.15) is 19.8 Å². The van der Waals surface area contributed by atoms with E-state index >= 15 is 0 Å². The molecule has 0 saturated carbocycles. The summed E-state index contributed by atoms with van der Waals surface area (Å²) in [6.07, 6.45) is 2.95. The van der Waals surface area contributed by atoms with Crippen molar-refractivity contribution < 1.29 is 9.53 Å². The van der Waals surface area contributed by atoms with Crippen LogP contribution in [0.4, 0.5) is 0 Å². The van der Waals surface area contributed by atoms with E-state index in [0.29, 0.717) is 0 Å². The Morgan fingerprint density at radius 3 is 2.67 bits per heavy atom. The van der Waals surface area contributed by atoms with Crippen LogP contribution < -0.4 is 0 Å². The zero-order valence-corrected chi connectivity index (χ0v) is 11.4. The van der Waals surface area contributed by atoms with Crippen molar-refractivity contribution in [3.63, 3.8) is 0 Å². The van der Waals surface area contributed by atoms with Gasteiger partial charge < -0.3 is 9.53 Å². The minimum absolute atomic E-state index is 0. The average molecular weight is 328 g/mol. The van der Waals surface area contributed by atoms with Gasteiger partial charge in [0.25, 0.3) is 0 Å². The van der Waals surface area contributed by atoms with Crippen LogP contribution in [0.5, 0.6) is 0 Å². The van der Waals surface area contributed by atoms with Gasteiger partial charge in [0.05, 0.1) is 0 Å². The molecule has 0 fully saturated rings. The number of aldehydes is 1. The van der Waals surface area contributed by atoms with Crippen LogP contribution >= 0.6 is 0 Å². The molecular weight excluding hydrogens is 313 g/mol. The number of unbranched alkanes of at least 4 members (excludes halogenated alkanes) is 1. The van der Waals surface area contributed by atoms with Gasteiger partial charge in [-0.15, -0.1) is 0 Å². The van der Waals surface area contributed by atoms with Crippen LogP contribution in [0.2, 0.25) is 0 Å². The topological polar surface area (TPSA) is 26.3 Å². The van der Waals surface area contributed by atoms with E-state index in [1.165, 1.54) is 0 Å². The molecule has 0 atom stereocenters. The van der Waals surface area contributed by atoms with Gasteiger partial charge in [0.1, 0.15) is 12.9 Å². The number of carbonyl (C=O) groups excluding carboxylic acids is 1. The summed E-state index contributed by atoms with van der Waals surface area (Å²) in [5, 5.41) is 0. The van der Waals surface area contributed by atoms with Crippen LogP contribution in [0, 0.1) is 0 Å². The molecule has 0 heterocycles. The first kappa shape index (κ1) is 12.2. The van der Waals surface area contributed by atoms with E-state index in [4.69, 9.17) is 4.74 Å². The third kappa shape index (κ3) is 11.9. The second-order valence-electron chi connectivity index (χ2n) is 1.60. The molecular formula is C6H15BiO2. The molecule has 0 aliphatic rings. The number of hydrogen-bond acceptors (Lipinski definition) is 2. The fraction of sp³-hybridized carbons (Fsp3) is 0.833. The Morgan fingerprint density at radius 1 is 1.56 bits per heavy atom. The Balaban J connectivity index is 0. The summed E-state index contributed by atoms with van der Waals surface area (Å²) < 4.78 is 4.86. The number of hydrogen-bond donors (Lipinski definition) is 0. The van der Waals surface area contributed by atoms with Gasteiger partial charge in [-0.25, -0.2) is 0 Å². The molecule has 0 aromatic heterocycles. The molecule has 0 N–H and O–H groups in total. The van der Waals surface area contributed by atoms with Crippen molar-refractivity contribution in [1.29, 1.82) is 0 Å². The van der Waals surface area contributed by atoms with Gasteiger partial charge in [0.2, 0.25) is 0 Å². The molecule has 0 rings (SSSR count).